The fourth-order valence-corrected chi connectivity index (χ4v) is 5.81. The van der Waals surface area contributed by atoms with Crippen molar-refractivity contribution in [1.82, 2.24) is 9.88 Å². The van der Waals surface area contributed by atoms with Crippen LogP contribution in [0.3, 0.4) is 0 Å². The SMILES string of the molecule is COc1cccc2c1CCc1sc(CCCN3CCN(c4ccccc4)CC3)nc1-2. The summed E-state index contributed by atoms with van der Waals surface area (Å²) in [6.07, 6.45) is 4.40. The molecular weight excluding hydrogens is 390 g/mol. The van der Waals surface area contributed by atoms with Crippen molar-refractivity contribution in [3.05, 3.63) is 64.0 Å². The van der Waals surface area contributed by atoms with E-state index in [1.54, 1.807) is 7.11 Å². The van der Waals surface area contributed by atoms with Crippen LogP contribution in [0.4, 0.5) is 5.69 Å². The third kappa shape index (κ3) is 3.96. The Morgan fingerprint density at radius 1 is 0.967 bits per heavy atom. The molecule has 1 saturated heterocycles. The first-order valence-corrected chi connectivity index (χ1v) is 11.8. The number of para-hydroxylation sites is 1. The van der Waals surface area contributed by atoms with Crippen molar-refractivity contribution in [2.45, 2.75) is 25.7 Å². The van der Waals surface area contributed by atoms with Crippen molar-refractivity contribution in [1.29, 1.82) is 0 Å². The zero-order chi connectivity index (χ0) is 20.3. The minimum atomic E-state index is 1.00. The lowest BCUT2D eigenvalue weighted by atomic mass is 9.93. The highest BCUT2D eigenvalue weighted by Crippen LogP contribution is 2.40. The second-order valence-electron chi connectivity index (χ2n) is 8.13. The molecule has 0 amide bonds. The molecule has 2 aliphatic rings. The molecular formula is C25H29N3OS. The van der Waals surface area contributed by atoms with Gasteiger partial charge in [-0.3, -0.25) is 4.90 Å². The number of aryl methyl sites for hydroxylation is 2. The van der Waals surface area contributed by atoms with Crippen LogP contribution in [0.2, 0.25) is 0 Å². The van der Waals surface area contributed by atoms with Gasteiger partial charge in [0.1, 0.15) is 5.75 Å². The lowest BCUT2D eigenvalue weighted by molar-refractivity contribution is 0.255. The minimum Gasteiger partial charge on any atom is -0.496 e. The van der Waals surface area contributed by atoms with E-state index in [9.17, 15) is 0 Å². The van der Waals surface area contributed by atoms with Crippen LogP contribution >= 0.6 is 11.3 Å². The van der Waals surface area contributed by atoms with Gasteiger partial charge in [0.15, 0.2) is 0 Å². The van der Waals surface area contributed by atoms with Crippen LogP contribution in [0, 0.1) is 0 Å². The highest BCUT2D eigenvalue weighted by Gasteiger charge is 2.23. The summed E-state index contributed by atoms with van der Waals surface area (Å²) in [4.78, 5) is 11.6. The molecule has 0 atom stereocenters. The zero-order valence-corrected chi connectivity index (χ0v) is 18.5. The van der Waals surface area contributed by atoms with E-state index in [2.05, 4.69) is 58.3 Å². The Kier molecular flexibility index (Phi) is 5.73. The molecule has 1 aromatic heterocycles. The molecule has 1 fully saturated rings. The molecule has 156 valence electrons. The van der Waals surface area contributed by atoms with E-state index in [-0.39, 0.29) is 0 Å². The Labute approximate surface area is 183 Å². The van der Waals surface area contributed by atoms with Crippen LogP contribution in [0.15, 0.2) is 48.5 Å². The van der Waals surface area contributed by atoms with Gasteiger partial charge in [0.25, 0.3) is 0 Å². The molecule has 3 aromatic rings. The molecule has 0 saturated carbocycles. The molecule has 0 radical (unpaired) electrons. The first kappa shape index (κ1) is 19.6. The van der Waals surface area contributed by atoms with Crippen molar-refractivity contribution < 1.29 is 4.74 Å². The van der Waals surface area contributed by atoms with Crippen molar-refractivity contribution in [3.8, 4) is 17.0 Å². The molecule has 1 aliphatic heterocycles. The number of nitrogens with zero attached hydrogens (tertiary/aromatic N) is 3. The maximum atomic E-state index is 5.57. The Bertz CT molecular complexity index is 993. The molecule has 5 heteroatoms. The second-order valence-corrected chi connectivity index (χ2v) is 9.30. The lowest BCUT2D eigenvalue weighted by Crippen LogP contribution is -2.46. The number of thiazole rings is 1. The monoisotopic (exact) mass is 419 g/mol. The van der Waals surface area contributed by atoms with Gasteiger partial charge in [0.2, 0.25) is 0 Å². The van der Waals surface area contributed by atoms with Gasteiger partial charge in [0, 0.05) is 54.3 Å². The number of aromatic nitrogens is 1. The average Bonchev–Trinajstić information content (AvgIpc) is 3.23. The van der Waals surface area contributed by atoms with Crippen LogP contribution in [-0.2, 0) is 19.3 Å². The summed E-state index contributed by atoms with van der Waals surface area (Å²) in [5.74, 6) is 1.00. The topological polar surface area (TPSA) is 28.6 Å². The maximum Gasteiger partial charge on any atom is 0.122 e. The summed E-state index contributed by atoms with van der Waals surface area (Å²) in [6, 6.07) is 17.1. The first-order chi connectivity index (χ1) is 14.8. The number of fused-ring (bicyclic) bond motifs is 3. The third-order valence-corrected chi connectivity index (χ3v) is 7.49. The van der Waals surface area contributed by atoms with E-state index in [4.69, 9.17) is 9.72 Å². The fraction of sp³-hybridized carbons (Fsp3) is 0.400. The number of methoxy groups -OCH3 is 1. The van der Waals surface area contributed by atoms with Gasteiger partial charge in [-0.1, -0.05) is 30.3 Å². The first-order valence-electron chi connectivity index (χ1n) is 11.0. The van der Waals surface area contributed by atoms with Crippen molar-refractivity contribution >= 4 is 17.0 Å². The number of ether oxygens (including phenoxy) is 1. The Hall–Kier alpha value is -2.37. The summed E-state index contributed by atoms with van der Waals surface area (Å²) in [5, 5.41) is 1.29. The van der Waals surface area contributed by atoms with E-state index < -0.39 is 0 Å². The third-order valence-electron chi connectivity index (χ3n) is 6.31. The van der Waals surface area contributed by atoms with Gasteiger partial charge in [-0.2, -0.15) is 0 Å². The molecule has 0 N–H and O–H groups in total. The predicted octanol–water partition coefficient (Wildman–Crippen LogP) is 4.67. The summed E-state index contributed by atoms with van der Waals surface area (Å²) in [6.45, 7) is 5.70. The van der Waals surface area contributed by atoms with E-state index in [0.717, 1.165) is 57.7 Å². The summed E-state index contributed by atoms with van der Waals surface area (Å²) in [5.41, 5.74) is 5.14. The summed E-state index contributed by atoms with van der Waals surface area (Å²) < 4.78 is 5.57. The summed E-state index contributed by atoms with van der Waals surface area (Å²) in [7, 11) is 1.76. The van der Waals surface area contributed by atoms with Gasteiger partial charge in [0.05, 0.1) is 17.8 Å². The van der Waals surface area contributed by atoms with Crippen LogP contribution < -0.4 is 9.64 Å². The Morgan fingerprint density at radius 3 is 2.60 bits per heavy atom. The van der Waals surface area contributed by atoms with Crippen molar-refractivity contribution in [2.75, 3.05) is 44.7 Å². The number of piperazine rings is 1. The number of rotatable bonds is 6. The Balaban J connectivity index is 1.16. The largest absolute Gasteiger partial charge is 0.496 e. The van der Waals surface area contributed by atoms with Gasteiger partial charge in [-0.05, 0) is 44.0 Å². The highest BCUT2D eigenvalue weighted by atomic mass is 32.1. The van der Waals surface area contributed by atoms with Crippen LogP contribution in [0.1, 0.15) is 21.9 Å². The van der Waals surface area contributed by atoms with Crippen molar-refractivity contribution in [2.24, 2.45) is 0 Å². The van der Waals surface area contributed by atoms with Crippen LogP contribution in [0.25, 0.3) is 11.3 Å². The van der Waals surface area contributed by atoms with Crippen LogP contribution in [0.5, 0.6) is 5.75 Å². The van der Waals surface area contributed by atoms with E-state index in [1.165, 1.54) is 38.8 Å². The number of hydrogen-bond donors (Lipinski definition) is 0. The zero-order valence-electron chi connectivity index (χ0n) is 17.6. The Morgan fingerprint density at radius 2 is 1.80 bits per heavy atom. The molecule has 1 aliphatic carbocycles. The van der Waals surface area contributed by atoms with Gasteiger partial charge < -0.3 is 9.64 Å². The lowest BCUT2D eigenvalue weighted by Gasteiger charge is -2.36. The highest BCUT2D eigenvalue weighted by molar-refractivity contribution is 7.12. The molecule has 0 bridgehead atoms. The molecule has 2 heterocycles. The smallest absolute Gasteiger partial charge is 0.122 e. The number of anilines is 1. The molecule has 0 spiro atoms. The standard InChI is InChI=1S/C25H29N3OS/c1-29-22-10-5-9-21-20(22)12-13-23-25(21)26-24(30-23)11-6-14-27-15-17-28(18-16-27)19-7-3-2-4-8-19/h2-5,7-10H,6,11-18H2,1H3. The molecule has 5 rings (SSSR count). The van der Waals surface area contributed by atoms with E-state index in [0.29, 0.717) is 0 Å². The van der Waals surface area contributed by atoms with Gasteiger partial charge >= 0.3 is 0 Å². The van der Waals surface area contributed by atoms with E-state index >= 15 is 0 Å². The number of benzene rings is 2. The molecule has 30 heavy (non-hydrogen) atoms. The van der Waals surface area contributed by atoms with Gasteiger partial charge in [-0.25, -0.2) is 4.98 Å². The van der Waals surface area contributed by atoms with Crippen molar-refractivity contribution in [3.63, 3.8) is 0 Å². The molecule has 4 nitrogen and oxygen atoms in total. The fourth-order valence-electron chi connectivity index (χ4n) is 4.68. The van der Waals surface area contributed by atoms with E-state index in [1.807, 2.05) is 11.3 Å². The molecule has 0 unspecified atom stereocenters. The second kappa shape index (κ2) is 8.78. The predicted molar refractivity (Wildman–Crippen MR) is 125 cm³/mol. The summed E-state index contributed by atoms with van der Waals surface area (Å²) >= 11 is 1.92. The molecule has 2 aromatic carbocycles. The quantitative estimate of drug-likeness (QED) is 0.580. The average molecular weight is 420 g/mol. The number of hydrogen-bond acceptors (Lipinski definition) is 5. The van der Waals surface area contributed by atoms with Crippen LogP contribution in [-0.4, -0.2) is 49.7 Å². The van der Waals surface area contributed by atoms with Gasteiger partial charge in [-0.15, -0.1) is 11.3 Å². The minimum absolute atomic E-state index is 1.00. The normalized spacial score (nSPS) is 16.2. The maximum absolute atomic E-state index is 5.57.